The third-order valence-electron chi connectivity index (χ3n) is 5.21. The Morgan fingerprint density at radius 3 is 2.57 bits per heavy atom. The van der Waals surface area contributed by atoms with E-state index >= 15 is 0 Å². The molecule has 0 saturated carbocycles. The number of nitrogens with zero attached hydrogens (tertiary/aromatic N) is 3. The summed E-state index contributed by atoms with van der Waals surface area (Å²) in [5.41, 5.74) is 2.00. The Bertz CT molecular complexity index is 979. The van der Waals surface area contributed by atoms with Crippen molar-refractivity contribution in [1.29, 1.82) is 0 Å². The summed E-state index contributed by atoms with van der Waals surface area (Å²) in [5, 5.41) is 5.33. The molecule has 0 atom stereocenters. The van der Waals surface area contributed by atoms with Gasteiger partial charge in [-0.25, -0.2) is 4.98 Å². The summed E-state index contributed by atoms with van der Waals surface area (Å²) in [7, 11) is 3.21. The van der Waals surface area contributed by atoms with Crippen LogP contribution in [0.15, 0.2) is 41.1 Å². The van der Waals surface area contributed by atoms with Gasteiger partial charge in [-0.05, 0) is 29.1 Å². The van der Waals surface area contributed by atoms with E-state index in [2.05, 4.69) is 27.8 Å². The second-order valence-electron chi connectivity index (χ2n) is 7.13. The van der Waals surface area contributed by atoms with Crippen molar-refractivity contribution < 1.29 is 14.3 Å². The lowest BCUT2D eigenvalue weighted by Gasteiger charge is -2.34. The van der Waals surface area contributed by atoms with E-state index in [4.69, 9.17) is 14.5 Å². The van der Waals surface area contributed by atoms with Crippen molar-refractivity contribution in [1.82, 2.24) is 14.8 Å². The van der Waals surface area contributed by atoms with Crippen LogP contribution in [0.4, 0.5) is 0 Å². The molecule has 30 heavy (non-hydrogen) atoms. The Balaban J connectivity index is 1.28. The Hall–Kier alpha value is -2.42. The molecule has 3 aromatic rings. The minimum absolute atomic E-state index is 0.149. The monoisotopic (exact) mass is 443 g/mol. The van der Waals surface area contributed by atoms with Gasteiger partial charge in [0.2, 0.25) is 5.91 Å². The number of aromatic nitrogens is 1. The fourth-order valence-electron chi connectivity index (χ4n) is 3.54. The van der Waals surface area contributed by atoms with Crippen LogP contribution >= 0.6 is 22.7 Å². The number of methoxy groups -OCH3 is 2. The van der Waals surface area contributed by atoms with E-state index < -0.39 is 0 Å². The average Bonchev–Trinajstić information content (AvgIpc) is 3.46. The number of piperazine rings is 1. The second kappa shape index (κ2) is 9.59. The van der Waals surface area contributed by atoms with Gasteiger partial charge in [-0.3, -0.25) is 9.69 Å². The lowest BCUT2D eigenvalue weighted by Crippen LogP contribution is -2.48. The van der Waals surface area contributed by atoms with E-state index in [1.165, 1.54) is 4.88 Å². The number of carbonyl (C=O) groups is 1. The predicted molar refractivity (Wildman–Crippen MR) is 121 cm³/mol. The van der Waals surface area contributed by atoms with Gasteiger partial charge in [0.05, 0.1) is 37.8 Å². The van der Waals surface area contributed by atoms with Crippen LogP contribution in [-0.4, -0.2) is 61.1 Å². The summed E-state index contributed by atoms with van der Waals surface area (Å²) in [6, 6.07) is 9.80. The summed E-state index contributed by atoms with van der Waals surface area (Å²) in [4.78, 5) is 23.1. The molecule has 2 aromatic heterocycles. The molecule has 1 amide bonds. The topological polar surface area (TPSA) is 54.9 Å². The first-order valence-corrected chi connectivity index (χ1v) is 11.6. The second-order valence-corrected chi connectivity index (χ2v) is 9.02. The molecular weight excluding hydrogens is 418 g/mol. The fourth-order valence-corrected chi connectivity index (χ4v) is 5.14. The zero-order chi connectivity index (χ0) is 20.9. The number of ether oxygens (including phenoxy) is 2. The number of thiophene rings is 1. The van der Waals surface area contributed by atoms with Crippen LogP contribution in [0.2, 0.25) is 0 Å². The Morgan fingerprint density at radius 2 is 1.87 bits per heavy atom. The van der Waals surface area contributed by atoms with Crippen LogP contribution in [0.25, 0.3) is 10.6 Å². The number of carbonyl (C=O) groups excluding carboxylic acids is 1. The van der Waals surface area contributed by atoms with Crippen LogP contribution < -0.4 is 9.47 Å². The van der Waals surface area contributed by atoms with E-state index in [1.807, 2.05) is 23.1 Å². The average molecular weight is 444 g/mol. The zero-order valence-electron chi connectivity index (χ0n) is 17.2. The number of hydrogen-bond acceptors (Lipinski definition) is 7. The molecular formula is C22H25N3O3S2. The van der Waals surface area contributed by atoms with Gasteiger partial charge in [-0.15, -0.1) is 22.7 Å². The fraction of sp³-hybridized carbons (Fsp3) is 0.364. The molecule has 1 fully saturated rings. The van der Waals surface area contributed by atoms with Gasteiger partial charge in [0.15, 0.2) is 11.5 Å². The van der Waals surface area contributed by atoms with Crippen molar-refractivity contribution in [3.05, 3.63) is 51.7 Å². The summed E-state index contributed by atoms with van der Waals surface area (Å²) < 4.78 is 10.6. The Labute approximate surface area is 184 Å². The zero-order valence-corrected chi connectivity index (χ0v) is 18.8. The molecule has 4 rings (SSSR count). The van der Waals surface area contributed by atoms with Gasteiger partial charge in [0.25, 0.3) is 0 Å². The molecule has 0 spiro atoms. The van der Waals surface area contributed by atoms with Gasteiger partial charge < -0.3 is 14.4 Å². The highest BCUT2D eigenvalue weighted by atomic mass is 32.1. The molecule has 1 aromatic carbocycles. The maximum absolute atomic E-state index is 12.7. The molecule has 1 saturated heterocycles. The van der Waals surface area contributed by atoms with E-state index in [0.29, 0.717) is 17.9 Å². The minimum atomic E-state index is 0.149. The smallest absolute Gasteiger partial charge is 0.227 e. The Morgan fingerprint density at radius 1 is 1.07 bits per heavy atom. The van der Waals surface area contributed by atoms with Crippen LogP contribution in [0, 0.1) is 0 Å². The molecule has 6 nitrogen and oxygen atoms in total. The SMILES string of the molecule is COc1ccc(CC(=O)N2CCN(Cc3nc(-c4cccs4)cs3)CC2)cc1OC. The quantitative estimate of drug-likeness (QED) is 0.556. The summed E-state index contributed by atoms with van der Waals surface area (Å²) in [6.07, 6.45) is 0.372. The third-order valence-corrected chi connectivity index (χ3v) is 6.94. The number of rotatable bonds is 7. The molecule has 1 aliphatic heterocycles. The molecule has 158 valence electrons. The molecule has 0 N–H and O–H groups in total. The van der Waals surface area contributed by atoms with Crippen molar-refractivity contribution >= 4 is 28.6 Å². The summed E-state index contributed by atoms with van der Waals surface area (Å²) >= 11 is 3.42. The standard InChI is InChI=1S/C22H25N3O3S2/c1-27-18-6-5-16(12-19(18)28-2)13-22(26)25-9-7-24(8-10-25)14-21-23-17(15-30-21)20-4-3-11-29-20/h3-6,11-12,15H,7-10,13-14H2,1-2H3. The van der Waals surface area contributed by atoms with Gasteiger partial charge in [0, 0.05) is 31.6 Å². The van der Waals surface area contributed by atoms with Crippen LogP contribution in [-0.2, 0) is 17.8 Å². The van der Waals surface area contributed by atoms with Crippen LogP contribution in [0.3, 0.4) is 0 Å². The van der Waals surface area contributed by atoms with Gasteiger partial charge in [0.1, 0.15) is 5.01 Å². The first-order chi connectivity index (χ1) is 14.7. The van der Waals surface area contributed by atoms with Crippen molar-refractivity contribution in [3.8, 4) is 22.1 Å². The number of benzene rings is 1. The van der Waals surface area contributed by atoms with Crippen molar-refractivity contribution in [2.75, 3.05) is 40.4 Å². The maximum Gasteiger partial charge on any atom is 0.227 e. The predicted octanol–water partition coefficient (Wildman–Crippen LogP) is 3.78. The summed E-state index contributed by atoms with van der Waals surface area (Å²) in [5.74, 6) is 1.47. The van der Waals surface area contributed by atoms with Crippen LogP contribution in [0.5, 0.6) is 11.5 Å². The highest BCUT2D eigenvalue weighted by Gasteiger charge is 2.22. The molecule has 1 aliphatic rings. The largest absolute Gasteiger partial charge is 0.493 e. The molecule has 0 bridgehead atoms. The van der Waals surface area contributed by atoms with E-state index in [0.717, 1.165) is 49.0 Å². The van der Waals surface area contributed by atoms with Gasteiger partial charge in [-0.2, -0.15) is 0 Å². The van der Waals surface area contributed by atoms with Crippen molar-refractivity contribution in [3.63, 3.8) is 0 Å². The van der Waals surface area contributed by atoms with E-state index in [9.17, 15) is 4.79 Å². The molecule has 0 unspecified atom stereocenters. The highest BCUT2D eigenvalue weighted by molar-refractivity contribution is 7.14. The maximum atomic E-state index is 12.7. The normalized spacial score (nSPS) is 14.7. The number of thiazole rings is 1. The summed E-state index contributed by atoms with van der Waals surface area (Å²) in [6.45, 7) is 4.06. The molecule has 8 heteroatoms. The van der Waals surface area contributed by atoms with Gasteiger partial charge >= 0.3 is 0 Å². The third kappa shape index (κ3) is 4.83. The van der Waals surface area contributed by atoms with E-state index in [1.54, 1.807) is 36.9 Å². The molecule has 0 radical (unpaired) electrons. The van der Waals surface area contributed by atoms with Crippen molar-refractivity contribution in [2.24, 2.45) is 0 Å². The van der Waals surface area contributed by atoms with Crippen LogP contribution in [0.1, 0.15) is 10.6 Å². The number of amides is 1. The van der Waals surface area contributed by atoms with Crippen molar-refractivity contribution in [2.45, 2.75) is 13.0 Å². The highest BCUT2D eigenvalue weighted by Crippen LogP contribution is 2.28. The van der Waals surface area contributed by atoms with Gasteiger partial charge in [-0.1, -0.05) is 12.1 Å². The molecule has 3 heterocycles. The minimum Gasteiger partial charge on any atom is -0.493 e. The lowest BCUT2D eigenvalue weighted by molar-refractivity contribution is -0.132. The molecule has 0 aliphatic carbocycles. The van der Waals surface area contributed by atoms with E-state index in [-0.39, 0.29) is 5.91 Å². The lowest BCUT2D eigenvalue weighted by atomic mass is 10.1. The first-order valence-electron chi connectivity index (χ1n) is 9.85. The number of hydrogen-bond donors (Lipinski definition) is 0. The first kappa shape index (κ1) is 20.8. The Kier molecular flexibility index (Phi) is 6.66.